The van der Waals surface area contributed by atoms with Gasteiger partial charge in [0.05, 0.1) is 28.9 Å². The number of amides is 1. The van der Waals surface area contributed by atoms with E-state index in [4.69, 9.17) is 5.73 Å². The van der Waals surface area contributed by atoms with Crippen LogP contribution < -0.4 is 11.1 Å². The van der Waals surface area contributed by atoms with Crippen molar-refractivity contribution in [1.29, 1.82) is 0 Å². The number of hydrogen-bond acceptors (Lipinski definition) is 11. The van der Waals surface area contributed by atoms with E-state index >= 15 is 0 Å². The highest BCUT2D eigenvalue weighted by atomic mass is 32.1. The Kier molecular flexibility index (Phi) is 6.59. The fraction of sp³-hybridized carbons (Fsp3) is 0.333. The number of aliphatic hydroxyl groups is 1. The largest absolute Gasteiger partial charge is 0.505 e. The number of rotatable bonds is 5. The van der Waals surface area contributed by atoms with Crippen molar-refractivity contribution in [2.24, 2.45) is 29.4 Å². The number of phenolic OH excluding ortho intramolecular Hbond substituents is 1. The third kappa shape index (κ3) is 4.01. The lowest BCUT2D eigenvalue weighted by molar-refractivity contribution is -0.181. The van der Waals surface area contributed by atoms with Gasteiger partial charge in [0.25, 0.3) is 0 Å². The Morgan fingerprint density at radius 3 is 2.48 bits per heavy atom. The fourth-order valence-corrected chi connectivity index (χ4v) is 7.60. The Bertz CT molecular complexity index is 1670. The molecule has 3 aliphatic carbocycles. The van der Waals surface area contributed by atoms with E-state index in [1.54, 1.807) is 26.2 Å². The van der Waals surface area contributed by atoms with Gasteiger partial charge in [0.2, 0.25) is 5.91 Å². The number of carbonyl (C=O) groups is 5. The Morgan fingerprint density at radius 1 is 1.10 bits per heavy atom. The number of hydrogen-bond donors (Lipinski definition) is 4. The number of phenols is 1. The predicted octanol–water partition coefficient (Wildman–Crippen LogP) is 1.73. The molecule has 2 unspecified atom stereocenters. The summed E-state index contributed by atoms with van der Waals surface area (Å²) in [6, 6.07) is 11.7. The topological polar surface area (TPSA) is 180 Å². The first-order chi connectivity index (χ1) is 19.9. The number of benzene rings is 2. The van der Waals surface area contributed by atoms with Crippen LogP contribution in [-0.2, 0) is 25.6 Å². The van der Waals surface area contributed by atoms with Crippen molar-refractivity contribution in [1.82, 2.24) is 9.88 Å². The number of likely N-dealkylation sites (N-methyl/N-ethyl adjacent to an activating group) is 1. The van der Waals surface area contributed by atoms with E-state index in [1.165, 1.54) is 16.2 Å². The van der Waals surface area contributed by atoms with Gasteiger partial charge in [-0.3, -0.25) is 28.9 Å². The fourth-order valence-electron chi connectivity index (χ4n) is 6.87. The van der Waals surface area contributed by atoms with Gasteiger partial charge in [-0.1, -0.05) is 36.4 Å². The average Bonchev–Trinajstić information content (AvgIpc) is 3.41. The van der Waals surface area contributed by atoms with Crippen LogP contribution in [0, 0.1) is 23.7 Å². The Balaban J connectivity index is 1.35. The summed E-state index contributed by atoms with van der Waals surface area (Å²) in [6.45, 7) is 0. The second-order valence-corrected chi connectivity index (χ2v) is 12.2. The van der Waals surface area contributed by atoms with Crippen LogP contribution in [0.1, 0.15) is 22.3 Å². The zero-order valence-electron chi connectivity index (χ0n) is 22.7. The molecule has 42 heavy (non-hydrogen) atoms. The van der Waals surface area contributed by atoms with Crippen molar-refractivity contribution in [3.63, 3.8) is 0 Å². The number of nitrogens with zero attached hydrogens (tertiary/aromatic N) is 2. The molecule has 11 nitrogen and oxygen atoms in total. The summed E-state index contributed by atoms with van der Waals surface area (Å²) >= 11 is 1.31. The molecule has 0 saturated heterocycles. The van der Waals surface area contributed by atoms with E-state index < -0.39 is 64.4 Å². The zero-order chi connectivity index (χ0) is 30.1. The van der Waals surface area contributed by atoms with E-state index in [1.807, 2.05) is 35.7 Å². The Hall–Kier alpha value is -4.26. The minimum Gasteiger partial charge on any atom is -0.505 e. The number of nitrogens with two attached hydrogens (primary N) is 1. The number of ketones is 4. The number of anilines is 2. The lowest BCUT2D eigenvalue weighted by atomic mass is 9.52. The summed E-state index contributed by atoms with van der Waals surface area (Å²) in [4.78, 5) is 72.5. The van der Waals surface area contributed by atoms with E-state index in [9.17, 15) is 34.2 Å². The molecule has 3 aromatic rings. The van der Waals surface area contributed by atoms with Gasteiger partial charge in [-0.05, 0) is 44.5 Å². The first-order valence-electron chi connectivity index (χ1n) is 13.4. The molecule has 6 atom stereocenters. The molecule has 216 valence electrons. The van der Waals surface area contributed by atoms with E-state index in [0.29, 0.717) is 10.7 Å². The molecule has 0 radical (unpaired) electrons. The lowest BCUT2D eigenvalue weighted by Gasteiger charge is -2.52. The standard InChI is InChI=1S/C30H28N4O7S/c1-34(2)22-16-11-15-10-14-8-9-17(32-29-33-18(12-42-29)13-6-4-3-5-7-13)23(35)19(14)24(36)20(15)26(38)30(16,41)27(39)21(25(22)37)28(31)40/h3-9,12,15-16,20-22,35,41H,10-11H2,1-2H3,(H2,31,40)(H,32,33)/t15-,16-,20?,21?,22-,30-/m0/s1. The third-order valence-electron chi connectivity index (χ3n) is 8.75. The molecule has 5 N–H and O–H groups in total. The van der Waals surface area contributed by atoms with Crippen LogP contribution in [0.25, 0.3) is 11.3 Å². The maximum Gasteiger partial charge on any atom is 0.235 e. The van der Waals surface area contributed by atoms with Crippen LogP contribution in [0.2, 0.25) is 0 Å². The van der Waals surface area contributed by atoms with Crippen LogP contribution in [0.3, 0.4) is 0 Å². The van der Waals surface area contributed by atoms with Crippen molar-refractivity contribution in [2.75, 3.05) is 19.4 Å². The van der Waals surface area contributed by atoms with Crippen LogP contribution in [0.15, 0.2) is 47.8 Å². The molecule has 6 rings (SSSR count). The highest BCUT2D eigenvalue weighted by Crippen LogP contribution is 2.51. The number of nitrogens with one attached hydrogen (secondary N) is 1. The monoisotopic (exact) mass is 588 g/mol. The predicted molar refractivity (Wildman–Crippen MR) is 152 cm³/mol. The van der Waals surface area contributed by atoms with E-state index in [2.05, 4.69) is 10.3 Å². The average molecular weight is 589 g/mol. The second-order valence-electron chi connectivity index (χ2n) is 11.3. The van der Waals surface area contributed by atoms with Crippen molar-refractivity contribution < 1.29 is 34.2 Å². The lowest BCUT2D eigenvalue weighted by Crippen LogP contribution is -2.74. The number of carbonyl (C=O) groups excluding carboxylic acids is 5. The van der Waals surface area contributed by atoms with Crippen LogP contribution in [-0.4, -0.2) is 74.9 Å². The minimum atomic E-state index is -2.75. The molecule has 0 spiro atoms. The number of Topliss-reactive ketones (excluding diaryl/α,β-unsaturated/α-hetero) is 4. The number of primary amides is 1. The maximum absolute atomic E-state index is 13.9. The number of aromatic nitrogens is 1. The molecule has 2 aromatic carbocycles. The van der Waals surface area contributed by atoms with Gasteiger partial charge in [-0.2, -0.15) is 0 Å². The van der Waals surface area contributed by atoms with Crippen molar-refractivity contribution in [2.45, 2.75) is 24.5 Å². The molecule has 12 heteroatoms. The molecular weight excluding hydrogens is 560 g/mol. The molecule has 1 heterocycles. The molecule has 1 amide bonds. The minimum absolute atomic E-state index is 0.00599. The molecule has 0 bridgehead atoms. The van der Waals surface area contributed by atoms with E-state index in [-0.39, 0.29) is 29.8 Å². The normalized spacial score (nSPS) is 28.7. The van der Waals surface area contributed by atoms with Gasteiger partial charge in [0.15, 0.2) is 39.8 Å². The zero-order valence-corrected chi connectivity index (χ0v) is 23.6. The SMILES string of the molecule is CN(C)[C@@H]1C(=O)C(C(N)=O)C(=O)[C@@]2(O)C(=O)C3C(=O)c4c(ccc(Nc5nc(-c6ccccc6)cs5)c4O)C[C@H]3C[C@@H]12. The maximum atomic E-state index is 13.9. The van der Waals surface area contributed by atoms with Gasteiger partial charge < -0.3 is 21.3 Å². The summed E-state index contributed by atoms with van der Waals surface area (Å²) < 4.78 is 0. The van der Waals surface area contributed by atoms with Gasteiger partial charge in [0, 0.05) is 16.9 Å². The molecule has 0 aliphatic heterocycles. The summed E-state index contributed by atoms with van der Waals surface area (Å²) in [6.07, 6.45) is 0.209. The van der Waals surface area contributed by atoms with Gasteiger partial charge in [-0.25, -0.2) is 4.98 Å². The van der Waals surface area contributed by atoms with E-state index in [0.717, 1.165) is 11.3 Å². The highest BCUT2D eigenvalue weighted by Gasteiger charge is 2.69. The summed E-state index contributed by atoms with van der Waals surface area (Å²) in [5.74, 6) is -10.7. The summed E-state index contributed by atoms with van der Waals surface area (Å²) in [7, 11) is 3.10. The summed E-state index contributed by atoms with van der Waals surface area (Å²) in [5.41, 5.74) is 4.89. The van der Waals surface area contributed by atoms with Crippen molar-refractivity contribution in [3.05, 3.63) is 59.0 Å². The number of thiazole rings is 1. The third-order valence-corrected chi connectivity index (χ3v) is 9.51. The molecular formula is C30H28N4O7S. The number of aromatic hydroxyl groups is 1. The van der Waals surface area contributed by atoms with Crippen molar-refractivity contribution in [3.8, 4) is 17.0 Å². The van der Waals surface area contributed by atoms with Gasteiger partial charge in [0.1, 0.15) is 5.75 Å². The van der Waals surface area contributed by atoms with Gasteiger partial charge in [-0.15, -0.1) is 11.3 Å². The van der Waals surface area contributed by atoms with Crippen LogP contribution >= 0.6 is 11.3 Å². The van der Waals surface area contributed by atoms with Crippen LogP contribution in [0.5, 0.6) is 5.75 Å². The van der Waals surface area contributed by atoms with Crippen LogP contribution in [0.4, 0.5) is 10.8 Å². The molecule has 1 aromatic heterocycles. The smallest absolute Gasteiger partial charge is 0.235 e. The van der Waals surface area contributed by atoms with Crippen molar-refractivity contribution >= 4 is 51.2 Å². The first-order valence-corrected chi connectivity index (χ1v) is 14.3. The molecule has 2 saturated carbocycles. The number of fused-ring (bicyclic) bond motifs is 3. The molecule has 3 aliphatic rings. The molecule has 2 fully saturated rings. The first kappa shape index (κ1) is 27.9. The second kappa shape index (κ2) is 9.93. The Labute approximate surface area is 244 Å². The quantitative estimate of drug-likeness (QED) is 0.253. The van der Waals surface area contributed by atoms with Gasteiger partial charge >= 0.3 is 0 Å². The summed E-state index contributed by atoms with van der Waals surface area (Å²) in [5, 5.41) is 28.3. The highest BCUT2D eigenvalue weighted by molar-refractivity contribution is 7.14. The Morgan fingerprint density at radius 2 is 1.81 bits per heavy atom.